The number of carboxylic acids is 1. The van der Waals surface area contributed by atoms with E-state index in [1.807, 2.05) is 0 Å². The SMILES string of the molecule is CC(=O)N[C@H]1[C@H](O[C@@H]2[C@@H](O[C@@H]3[C@H](O)[C@H](O[C@H]4[C@H](O)[C@@H](NC(C)=O)C(O)O[C@@H]4CO)O[C@H](CO)[C@H]3O)O[C@H](CO)[C@@H](O)[C@@H]2O)O[C@H](CO)[C@@H](O)[C@@H]1O[C@@H]1O[C@H](CO)[C@H](O)[C@H](O[C@]2(C(=O)O)C[C@H](O)[C@@H](NC(C)=O)[C@H]([C@H](O)[C@H](O)CO)O2)[C@H]1O. The molecule has 31 atom stereocenters. The topological polar surface area (TPSA) is 590 Å². The number of carbonyl (C=O) groups is 4. The fourth-order valence-electron chi connectivity index (χ4n) is 10.4. The number of ether oxygens (including phenoxy) is 11. The number of hydrogen-bond donors (Lipinski definition) is 22. The van der Waals surface area contributed by atoms with Gasteiger partial charge in [0.25, 0.3) is 5.79 Å². The maximum Gasteiger partial charge on any atom is 0.364 e. The highest BCUT2D eigenvalue weighted by Crippen LogP contribution is 2.40. The highest BCUT2D eigenvalue weighted by Gasteiger charge is 2.62. The van der Waals surface area contributed by atoms with E-state index >= 15 is 0 Å². The monoisotopic (exact) mass is 1200 g/mol. The van der Waals surface area contributed by atoms with Gasteiger partial charge >= 0.3 is 5.97 Å². The molecule has 1 unspecified atom stereocenters. The Morgan fingerprint density at radius 3 is 1.41 bits per heavy atom. The van der Waals surface area contributed by atoms with Crippen LogP contribution in [0.15, 0.2) is 0 Å². The Balaban J connectivity index is 1.31. The van der Waals surface area contributed by atoms with E-state index in [1.165, 1.54) is 0 Å². The van der Waals surface area contributed by atoms with Gasteiger partial charge in [-0.2, -0.15) is 0 Å². The van der Waals surface area contributed by atoms with Gasteiger partial charge in [-0.25, -0.2) is 4.79 Å². The minimum atomic E-state index is -3.25. The summed E-state index contributed by atoms with van der Waals surface area (Å²) in [6, 6.07) is -5.26. The zero-order chi connectivity index (χ0) is 61.0. The van der Waals surface area contributed by atoms with Crippen LogP contribution in [0.3, 0.4) is 0 Å². The second kappa shape index (κ2) is 28.9. The van der Waals surface area contributed by atoms with Crippen molar-refractivity contribution in [3.63, 3.8) is 0 Å². The summed E-state index contributed by atoms with van der Waals surface area (Å²) < 4.78 is 63.3. The highest BCUT2D eigenvalue weighted by molar-refractivity contribution is 5.77. The summed E-state index contributed by atoms with van der Waals surface area (Å²) in [4.78, 5) is 50.1. The van der Waals surface area contributed by atoms with Crippen molar-refractivity contribution >= 4 is 23.7 Å². The lowest BCUT2D eigenvalue weighted by Crippen LogP contribution is -2.71. The van der Waals surface area contributed by atoms with Crippen LogP contribution in [-0.4, -0.2) is 350 Å². The Kier molecular flexibility index (Phi) is 23.9. The lowest BCUT2D eigenvalue weighted by Gasteiger charge is -2.51. The second-order valence-corrected chi connectivity index (χ2v) is 20.4. The number of rotatable bonds is 22. The largest absolute Gasteiger partial charge is 0.477 e. The summed E-state index contributed by atoms with van der Waals surface area (Å²) in [6.07, 6.45) is -57.4. The highest BCUT2D eigenvalue weighted by atomic mass is 16.8. The smallest absolute Gasteiger partial charge is 0.364 e. The van der Waals surface area contributed by atoms with Crippen molar-refractivity contribution in [1.82, 2.24) is 16.0 Å². The van der Waals surface area contributed by atoms with E-state index in [-0.39, 0.29) is 0 Å². The first-order valence-corrected chi connectivity index (χ1v) is 25.7. The first-order chi connectivity index (χ1) is 38.6. The number of hydrogen-bond acceptors (Lipinski definition) is 33. The number of nitrogens with one attached hydrogen (secondary N) is 3. The summed E-state index contributed by atoms with van der Waals surface area (Å²) >= 11 is 0. The quantitative estimate of drug-likeness (QED) is 0.0479. The van der Waals surface area contributed by atoms with E-state index in [0.29, 0.717) is 0 Å². The van der Waals surface area contributed by atoms with E-state index in [2.05, 4.69) is 16.0 Å². The van der Waals surface area contributed by atoms with Gasteiger partial charge in [0.1, 0.15) is 140 Å². The van der Waals surface area contributed by atoms with Gasteiger partial charge in [0, 0.05) is 27.2 Å². The van der Waals surface area contributed by atoms with Crippen LogP contribution in [0.1, 0.15) is 27.2 Å². The molecule has 6 aliphatic rings. The van der Waals surface area contributed by atoms with E-state index in [4.69, 9.17) is 52.1 Å². The molecule has 6 fully saturated rings. The molecule has 0 aliphatic carbocycles. The van der Waals surface area contributed by atoms with Crippen LogP contribution in [-0.2, 0) is 71.3 Å². The van der Waals surface area contributed by atoms with Gasteiger partial charge in [-0.3, -0.25) is 14.4 Å². The van der Waals surface area contributed by atoms with Crippen molar-refractivity contribution in [2.75, 3.05) is 39.6 Å². The molecule has 474 valence electrons. The second-order valence-electron chi connectivity index (χ2n) is 20.4. The Morgan fingerprint density at radius 1 is 0.476 bits per heavy atom. The van der Waals surface area contributed by atoms with E-state index < -0.39 is 259 Å². The maximum atomic E-state index is 13.1. The molecule has 0 bridgehead atoms. The van der Waals surface area contributed by atoms with Crippen molar-refractivity contribution in [2.24, 2.45) is 0 Å². The van der Waals surface area contributed by atoms with Crippen LogP contribution in [0.4, 0.5) is 0 Å². The zero-order valence-corrected chi connectivity index (χ0v) is 43.9. The van der Waals surface area contributed by atoms with Gasteiger partial charge in [-0.1, -0.05) is 0 Å². The molecule has 6 aliphatic heterocycles. The summed E-state index contributed by atoms with van der Waals surface area (Å²) in [5.41, 5.74) is 0. The summed E-state index contributed by atoms with van der Waals surface area (Å²) in [7, 11) is 0. The molecule has 6 saturated heterocycles. The van der Waals surface area contributed by atoms with Crippen LogP contribution in [0.5, 0.6) is 0 Å². The van der Waals surface area contributed by atoms with Crippen LogP contribution < -0.4 is 16.0 Å². The lowest BCUT2D eigenvalue weighted by atomic mass is 9.88. The van der Waals surface area contributed by atoms with Crippen LogP contribution in [0, 0.1) is 0 Å². The standard InChI is InChI=1S/C45H75N3O34/c1-11(55)46-21-14(58)4-45(44(70)71,81-35(21)24(60)15(59)5-49)82-37-28(64)19(9-53)75-42(32(37)68)78-34-23(48-13(3)57)40(73-17(7-51)26(34)62)80-38-30(66)25(61)16(6-50)76-43(38)79-36-27(63)18(8-52)74-41(31(36)67)77-33-20(10-54)72-39(69)22(29(33)65)47-12(2)56/h14-43,49-54,58-69H,4-10H2,1-3H3,(H,46,55)(H,47,56)(H,48,57)(H,70,71)/t14-,15+,16+,17+,18+,19+,20+,21+,22+,23+,24+,25+,26+,27+,28-,29+,30-,31-,32+,33+,34+,35+,36-,37-,38-,39?,40-,41-,42-,43+,45-/m0/s1. The van der Waals surface area contributed by atoms with Gasteiger partial charge in [0.2, 0.25) is 17.7 Å². The molecular weight excluding hydrogens is 1130 g/mol. The maximum absolute atomic E-state index is 13.1. The molecule has 3 amide bonds. The number of carboxylic acid groups (broad SMARTS) is 1. The van der Waals surface area contributed by atoms with Crippen LogP contribution >= 0.6 is 0 Å². The van der Waals surface area contributed by atoms with Gasteiger partial charge in [-0.05, 0) is 0 Å². The lowest BCUT2D eigenvalue weighted by molar-refractivity contribution is -0.397. The number of carbonyl (C=O) groups excluding carboxylic acids is 3. The Labute approximate surface area is 463 Å². The summed E-state index contributed by atoms with van der Waals surface area (Å²) in [5, 5.41) is 213. The van der Waals surface area contributed by atoms with Crippen molar-refractivity contribution in [3.8, 4) is 0 Å². The molecule has 82 heavy (non-hydrogen) atoms. The van der Waals surface area contributed by atoms with Gasteiger partial charge in [0.15, 0.2) is 31.5 Å². The predicted octanol–water partition coefficient (Wildman–Crippen LogP) is -14.5. The van der Waals surface area contributed by atoms with Crippen molar-refractivity contribution in [1.29, 1.82) is 0 Å². The number of aliphatic hydroxyl groups is 18. The Bertz CT molecular complexity index is 2090. The normalized spacial score (nSPS) is 46.3. The molecule has 0 spiro atoms. The summed E-state index contributed by atoms with van der Waals surface area (Å²) in [5.74, 6) is -7.92. The molecule has 37 nitrogen and oxygen atoms in total. The van der Waals surface area contributed by atoms with Crippen LogP contribution in [0.25, 0.3) is 0 Å². The van der Waals surface area contributed by atoms with Gasteiger partial charge in [0.05, 0.1) is 51.8 Å². The third kappa shape index (κ3) is 14.6. The first kappa shape index (κ1) is 67.8. The molecule has 0 aromatic rings. The molecule has 0 aromatic carbocycles. The third-order valence-corrected chi connectivity index (χ3v) is 14.6. The molecule has 6 rings (SSSR count). The number of aliphatic carboxylic acids is 1. The van der Waals surface area contributed by atoms with E-state index in [1.54, 1.807) is 0 Å². The molecule has 37 heteroatoms. The van der Waals surface area contributed by atoms with Crippen molar-refractivity contribution in [3.05, 3.63) is 0 Å². The predicted molar refractivity (Wildman–Crippen MR) is 251 cm³/mol. The fraction of sp³-hybridized carbons (Fsp3) is 0.911. The average molecular weight is 1200 g/mol. The molecule has 6 heterocycles. The molecule has 0 radical (unpaired) electrons. The molecule has 22 N–H and O–H groups in total. The molecule has 0 aromatic heterocycles. The van der Waals surface area contributed by atoms with Gasteiger partial charge in [-0.15, -0.1) is 0 Å². The average Bonchev–Trinajstić information content (AvgIpc) is 3.64. The van der Waals surface area contributed by atoms with Crippen molar-refractivity contribution in [2.45, 2.75) is 217 Å². The Morgan fingerprint density at radius 2 is 0.902 bits per heavy atom. The first-order valence-electron chi connectivity index (χ1n) is 25.7. The van der Waals surface area contributed by atoms with Gasteiger partial charge < -0.3 is 165 Å². The van der Waals surface area contributed by atoms with Crippen LogP contribution in [0.2, 0.25) is 0 Å². The molecular formula is C45H75N3O34. The molecule has 0 saturated carbocycles. The van der Waals surface area contributed by atoms with Crippen molar-refractivity contribution < 1.29 is 168 Å². The minimum Gasteiger partial charge on any atom is -0.477 e. The third-order valence-electron chi connectivity index (χ3n) is 14.6. The fourth-order valence-corrected chi connectivity index (χ4v) is 10.4. The number of amides is 3. The van der Waals surface area contributed by atoms with E-state index in [9.17, 15) is 116 Å². The Hall–Kier alpha value is -3.28. The number of aliphatic hydroxyl groups excluding tert-OH is 18. The summed E-state index contributed by atoms with van der Waals surface area (Å²) in [6.45, 7) is -3.59. The zero-order valence-electron chi connectivity index (χ0n) is 43.9. The van der Waals surface area contributed by atoms with E-state index in [0.717, 1.165) is 20.8 Å². The minimum absolute atomic E-state index is 0.749.